The predicted molar refractivity (Wildman–Crippen MR) is 63.9 cm³/mol. The Bertz CT molecular complexity index is 501. The number of rotatable bonds is 0. The normalized spacial score (nSPS) is 37.3. The van der Waals surface area contributed by atoms with Gasteiger partial charge in [0.2, 0.25) is 0 Å². The Kier molecular flexibility index (Phi) is 2.04. The van der Waals surface area contributed by atoms with E-state index in [2.05, 4.69) is 0 Å². The van der Waals surface area contributed by atoms with Crippen molar-refractivity contribution in [3.05, 3.63) is 35.4 Å². The van der Waals surface area contributed by atoms with Gasteiger partial charge in [0.25, 0.3) is 0 Å². The highest BCUT2D eigenvalue weighted by Crippen LogP contribution is 2.49. The molecule has 0 aromatic heterocycles. The second-order valence-electron chi connectivity index (χ2n) is 5.54. The van der Waals surface area contributed by atoms with Gasteiger partial charge in [-0.25, -0.2) is 0 Å². The summed E-state index contributed by atoms with van der Waals surface area (Å²) in [7, 11) is 0. The molecule has 3 heteroatoms. The quantitative estimate of drug-likeness (QED) is 0.701. The van der Waals surface area contributed by atoms with Crippen molar-refractivity contribution in [3.63, 3.8) is 0 Å². The highest BCUT2D eigenvalue weighted by Gasteiger charge is 2.49. The number of carbonyl (C=O) groups is 2. The van der Waals surface area contributed by atoms with Crippen LogP contribution in [0.5, 0.6) is 0 Å². The molecule has 0 N–H and O–H groups in total. The van der Waals surface area contributed by atoms with Gasteiger partial charge in [0.05, 0.1) is 0 Å². The number of ketones is 2. The first kappa shape index (κ1) is 10.4. The third-order valence-electron chi connectivity index (χ3n) is 4.59. The maximum absolute atomic E-state index is 12.4. The summed E-state index contributed by atoms with van der Waals surface area (Å²) < 4.78 is 5.78. The van der Waals surface area contributed by atoms with E-state index in [0.29, 0.717) is 0 Å². The third-order valence-corrected chi connectivity index (χ3v) is 4.59. The zero-order chi connectivity index (χ0) is 12.3. The van der Waals surface area contributed by atoms with E-state index in [1.807, 2.05) is 24.3 Å². The zero-order valence-corrected chi connectivity index (χ0v) is 9.96. The molecule has 3 nitrogen and oxygen atoms in total. The standard InChI is InChI=1S/C15H14O3/c16-12-8-5-6-9(7-8)13(17)15-11-4-2-1-3-10(11)14(12)18-15/h1-4,8-9,14-15H,5-7H2/t8-,9+,14-,15+. The van der Waals surface area contributed by atoms with Crippen LogP contribution >= 0.6 is 0 Å². The number of hydrogen-bond donors (Lipinski definition) is 0. The van der Waals surface area contributed by atoms with Crippen molar-refractivity contribution in [2.24, 2.45) is 11.8 Å². The fourth-order valence-electron chi connectivity index (χ4n) is 3.64. The monoisotopic (exact) mass is 242 g/mol. The van der Waals surface area contributed by atoms with E-state index in [-0.39, 0.29) is 23.4 Å². The molecule has 3 aliphatic rings. The topological polar surface area (TPSA) is 43.4 Å². The highest BCUT2D eigenvalue weighted by atomic mass is 16.5. The van der Waals surface area contributed by atoms with Crippen LogP contribution in [0.4, 0.5) is 0 Å². The summed E-state index contributed by atoms with van der Waals surface area (Å²) in [6.07, 6.45) is 1.44. The molecule has 92 valence electrons. The third kappa shape index (κ3) is 1.23. The molecule has 4 atom stereocenters. The molecule has 2 fully saturated rings. The number of hydrogen-bond acceptors (Lipinski definition) is 3. The SMILES string of the molecule is O=C1[C@H]2CC[C@H](C2)C(=O)[C@@H]2O[C@H]1c1ccccc12. The lowest BCUT2D eigenvalue weighted by Gasteiger charge is -2.21. The van der Waals surface area contributed by atoms with Gasteiger partial charge in [-0.05, 0) is 30.4 Å². The summed E-state index contributed by atoms with van der Waals surface area (Å²) in [6, 6.07) is 7.66. The van der Waals surface area contributed by atoms with Crippen molar-refractivity contribution in [1.82, 2.24) is 0 Å². The minimum Gasteiger partial charge on any atom is -0.350 e. The van der Waals surface area contributed by atoms with Gasteiger partial charge in [-0.2, -0.15) is 0 Å². The molecule has 4 bridgehead atoms. The zero-order valence-electron chi connectivity index (χ0n) is 9.96. The fourth-order valence-corrected chi connectivity index (χ4v) is 3.64. The van der Waals surface area contributed by atoms with E-state index in [1.54, 1.807) is 0 Å². The van der Waals surface area contributed by atoms with E-state index in [1.165, 1.54) is 0 Å². The van der Waals surface area contributed by atoms with Crippen LogP contribution in [0.1, 0.15) is 42.6 Å². The molecule has 0 unspecified atom stereocenters. The Morgan fingerprint density at radius 1 is 0.889 bits per heavy atom. The van der Waals surface area contributed by atoms with Crippen molar-refractivity contribution in [3.8, 4) is 0 Å². The lowest BCUT2D eigenvalue weighted by Crippen LogP contribution is -2.27. The Hall–Kier alpha value is -1.48. The Morgan fingerprint density at radius 2 is 1.39 bits per heavy atom. The molecule has 2 aliphatic heterocycles. The summed E-state index contributed by atoms with van der Waals surface area (Å²) in [5, 5.41) is 0. The second-order valence-corrected chi connectivity index (χ2v) is 5.54. The van der Waals surface area contributed by atoms with Crippen LogP contribution in [0, 0.1) is 11.8 Å². The molecule has 1 aliphatic carbocycles. The molecule has 18 heavy (non-hydrogen) atoms. The number of carbonyl (C=O) groups excluding carboxylic acids is 2. The lowest BCUT2D eigenvalue weighted by molar-refractivity contribution is -0.148. The van der Waals surface area contributed by atoms with Crippen LogP contribution in [-0.4, -0.2) is 11.6 Å². The Labute approximate surface area is 105 Å². The predicted octanol–water partition coefficient (Wildman–Crippen LogP) is 2.37. The second kappa shape index (κ2) is 3.51. The minimum atomic E-state index is -0.501. The van der Waals surface area contributed by atoms with E-state index >= 15 is 0 Å². The fraction of sp³-hybridized carbons (Fsp3) is 0.467. The number of fused-ring (bicyclic) bond motifs is 7. The number of ether oxygens (including phenoxy) is 1. The molecule has 0 radical (unpaired) electrons. The van der Waals surface area contributed by atoms with Crippen LogP contribution < -0.4 is 0 Å². The number of benzene rings is 1. The summed E-state index contributed by atoms with van der Waals surface area (Å²) in [4.78, 5) is 24.9. The molecular weight excluding hydrogens is 228 g/mol. The first-order chi connectivity index (χ1) is 8.75. The molecule has 1 saturated carbocycles. The van der Waals surface area contributed by atoms with Gasteiger partial charge in [-0.15, -0.1) is 0 Å². The molecule has 1 saturated heterocycles. The summed E-state index contributed by atoms with van der Waals surface area (Å²) in [5.41, 5.74) is 1.82. The average molecular weight is 242 g/mol. The van der Waals surface area contributed by atoms with Gasteiger partial charge in [0.1, 0.15) is 12.2 Å². The van der Waals surface area contributed by atoms with E-state index in [0.717, 1.165) is 30.4 Å². The first-order valence-electron chi connectivity index (χ1n) is 6.57. The van der Waals surface area contributed by atoms with Crippen molar-refractivity contribution in [1.29, 1.82) is 0 Å². The summed E-state index contributed by atoms with van der Waals surface area (Å²) in [5.74, 6) is 0.409. The maximum atomic E-state index is 12.4. The van der Waals surface area contributed by atoms with Gasteiger partial charge in [0, 0.05) is 11.8 Å². The molecule has 1 aromatic rings. The molecule has 0 spiro atoms. The molecule has 4 rings (SSSR count). The summed E-state index contributed by atoms with van der Waals surface area (Å²) in [6.45, 7) is 0. The molecule has 2 heterocycles. The van der Waals surface area contributed by atoms with E-state index < -0.39 is 12.2 Å². The summed E-state index contributed by atoms with van der Waals surface area (Å²) >= 11 is 0. The van der Waals surface area contributed by atoms with Gasteiger partial charge in [-0.1, -0.05) is 24.3 Å². The van der Waals surface area contributed by atoms with Crippen LogP contribution in [0.2, 0.25) is 0 Å². The van der Waals surface area contributed by atoms with E-state index in [9.17, 15) is 9.59 Å². The van der Waals surface area contributed by atoms with Crippen LogP contribution in [0.25, 0.3) is 0 Å². The van der Waals surface area contributed by atoms with Gasteiger partial charge in [0.15, 0.2) is 11.6 Å². The minimum absolute atomic E-state index is 0.0241. The van der Waals surface area contributed by atoms with Crippen LogP contribution in [-0.2, 0) is 14.3 Å². The van der Waals surface area contributed by atoms with Gasteiger partial charge >= 0.3 is 0 Å². The van der Waals surface area contributed by atoms with Crippen LogP contribution in [0.15, 0.2) is 24.3 Å². The largest absolute Gasteiger partial charge is 0.350 e. The van der Waals surface area contributed by atoms with E-state index in [4.69, 9.17) is 4.74 Å². The van der Waals surface area contributed by atoms with Gasteiger partial charge < -0.3 is 4.74 Å². The molecule has 0 amide bonds. The highest BCUT2D eigenvalue weighted by molar-refractivity contribution is 5.95. The van der Waals surface area contributed by atoms with Crippen molar-refractivity contribution in [2.45, 2.75) is 31.5 Å². The van der Waals surface area contributed by atoms with Crippen LogP contribution in [0.3, 0.4) is 0 Å². The smallest absolute Gasteiger partial charge is 0.169 e. The Balaban J connectivity index is 1.89. The first-order valence-corrected chi connectivity index (χ1v) is 6.57. The van der Waals surface area contributed by atoms with Gasteiger partial charge in [-0.3, -0.25) is 9.59 Å². The Morgan fingerprint density at radius 3 is 1.89 bits per heavy atom. The average Bonchev–Trinajstić information content (AvgIpc) is 3.02. The van der Waals surface area contributed by atoms with Crippen molar-refractivity contribution < 1.29 is 14.3 Å². The molecular formula is C15H14O3. The van der Waals surface area contributed by atoms with Crippen molar-refractivity contribution in [2.75, 3.05) is 0 Å². The van der Waals surface area contributed by atoms with Crippen molar-refractivity contribution >= 4 is 11.6 Å². The maximum Gasteiger partial charge on any atom is 0.169 e. The number of Topliss-reactive ketones (excluding diaryl/α,β-unsaturated/α-hetero) is 2. The lowest BCUT2D eigenvalue weighted by atomic mass is 9.93. The molecule has 1 aromatic carbocycles.